The van der Waals surface area contributed by atoms with Crippen LogP contribution in [0.25, 0.3) is 0 Å². The van der Waals surface area contributed by atoms with Gasteiger partial charge in [-0.1, -0.05) is 27.7 Å². The molecular formula is C45H76O19. The molecule has 19 heteroatoms. The zero-order chi connectivity index (χ0) is 46.2. The Morgan fingerprint density at radius 2 is 1.20 bits per heavy atom. The maximum atomic E-state index is 12.1. The summed E-state index contributed by atoms with van der Waals surface area (Å²) >= 11 is 0. The Morgan fingerprint density at radius 1 is 0.625 bits per heavy atom. The number of hydrogen-bond donors (Lipinski definition) is 12. The van der Waals surface area contributed by atoms with Crippen LogP contribution in [-0.2, 0) is 33.2 Å². The van der Waals surface area contributed by atoms with Gasteiger partial charge >= 0.3 is 0 Å². The van der Waals surface area contributed by atoms with Gasteiger partial charge in [0.25, 0.3) is 0 Å². The Hall–Kier alpha value is -0.760. The van der Waals surface area contributed by atoms with Crippen LogP contribution in [0.4, 0.5) is 0 Å². The molecule has 8 rings (SSSR count). The van der Waals surface area contributed by atoms with Crippen LogP contribution in [0.15, 0.2) is 0 Å². The van der Waals surface area contributed by atoms with Gasteiger partial charge in [-0.25, -0.2) is 0 Å². The van der Waals surface area contributed by atoms with Crippen LogP contribution in [-0.4, -0.2) is 198 Å². The van der Waals surface area contributed by atoms with E-state index in [0.29, 0.717) is 42.9 Å². The predicted octanol–water partition coefficient (Wildman–Crippen LogP) is -1.78. The minimum Gasteiger partial charge on any atom is -0.394 e. The average Bonchev–Trinajstić information content (AvgIpc) is 3.71. The van der Waals surface area contributed by atoms with Crippen LogP contribution in [0.3, 0.4) is 0 Å². The van der Waals surface area contributed by atoms with E-state index in [1.165, 1.54) is 0 Å². The molecule has 0 aromatic carbocycles. The third-order valence-electron chi connectivity index (χ3n) is 18.0. The molecule has 4 aliphatic heterocycles. The third-order valence-corrected chi connectivity index (χ3v) is 18.0. The highest BCUT2D eigenvalue weighted by molar-refractivity contribution is 5.15. The molecule has 12 N–H and O–H groups in total. The summed E-state index contributed by atoms with van der Waals surface area (Å²) in [5, 5.41) is 125. The van der Waals surface area contributed by atoms with Crippen molar-refractivity contribution in [2.75, 3.05) is 26.4 Å². The molecule has 8 aliphatic rings. The highest BCUT2D eigenvalue weighted by atomic mass is 16.8. The fourth-order valence-electron chi connectivity index (χ4n) is 14.2. The molecule has 370 valence electrons. The van der Waals surface area contributed by atoms with Gasteiger partial charge in [0.15, 0.2) is 24.7 Å². The van der Waals surface area contributed by atoms with Gasteiger partial charge < -0.3 is 94.4 Å². The Kier molecular flexibility index (Phi) is 14.9. The predicted molar refractivity (Wildman–Crippen MR) is 219 cm³/mol. The van der Waals surface area contributed by atoms with Crippen molar-refractivity contribution in [3.8, 4) is 0 Å². The fourth-order valence-corrected chi connectivity index (χ4v) is 14.2. The largest absolute Gasteiger partial charge is 0.394 e. The van der Waals surface area contributed by atoms with E-state index in [4.69, 9.17) is 33.2 Å². The molecule has 15 unspecified atom stereocenters. The molecule has 4 saturated carbocycles. The van der Waals surface area contributed by atoms with Crippen molar-refractivity contribution in [1.29, 1.82) is 0 Å². The number of fused-ring (bicyclic) bond motifs is 7. The summed E-state index contributed by atoms with van der Waals surface area (Å²) in [6.45, 7) is 7.28. The molecule has 0 aromatic heterocycles. The first-order valence-electron chi connectivity index (χ1n) is 23.9. The smallest absolute Gasteiger partial charge is 0.187 e. The zero-order valence-corrected chi connectivity index (χ0v) is 37.5. The van der Waals surface area contributed by atoms with Crippen molar-refractivity contribution >= 4 is 0 Å². The van der Waals surface area contributed by atoms with Crippen molar-refractivity contribution in [3.05, 3.63) is 0 Å². The Bertz CT molecular complexity index is 1560. The third kappa shape index (κ3) is 8.65. The summed E-state index contributed by atoms with van der Waals surface area (Å²) in [5.74, 6) is 0.532. The minimum atomic E-state index is -1.75. The van der Waals surface area contributed by atoms with Gasteiger partial charge in [0.1, 0.15) is 73.2 Å². The van der Waals surface area contributed by atoms with Gasteiger partial charge in [-0.05, 0) is 104 Å². The second-order valence-corrected chi connectivity index (χ2v) is 21.5. The van der Waals surface area contributed by atoms with E-state index >= 15 is 0 Å². The van der Waals surface area contributed by atoms with Crippen molar-refractivity contribution in [2.45, 2.75) is 202 Å². The van der Waals surface area contributed by atoms with Crippen molar-refractivity contribution in [2.24, 2.45) is 52.3 Å². The van der Waals surface area contributed by atoms with E-state index in [1.807, 2.05) is 6.92 Å². The van der Waals surface area contributed by atoms with Crippen LogP contribution in [0.1, 0.15) is 91.9 Å². The maximum absolute atomic E-state index is 12.1. The second kappa shape index (κ2) is 19.2. The molecule has 0 bridgehead atoms. The molecule has 0 aromatic rings. The summed E-state index contributed by atoms with van der Waals surface area (Å²) in [6, 6.07) is 0. The van der Waals surface area contributed by atoms with Crippen molar-refractivity contribution in [1.82, 2.24) is 0 Å². The quantitative estimate of drug-likeness (QED) is 0.0909. The van der Waals surface area contributed by atoms with E-state index in [-0.39, 0.29) is 47.4 Å². The number of aliphatic hydroxyl groups is 12. The Labute approximate surface area is 374 Å². The number of rotatable bonds is 13. The summed E-state index contributed by atoms with van der Waals surface area (Å²) in [4.78, 5) is 0. The summed E-state index contributed by atoms with van der Waals surface area (Å²) in [5.41, 5.74) is 0.0475. The highest BCUT2D eigenvalue weighted by Gasteiger charge is 2.68. The van der Waals surface area contributed by atoms with Gasteiger partial charge in [0, 0.05) is 12.3 Å². The molecular weight excluding hydrogens is 844 g/mol. The molecule has 8 fully saturated rings. The molecule has 64 heavy (non-hydrogen) atoms. The number of hydrogen-bond acceptors (Lipinski definition) is 19. The summed E-state index contributed by atoms with van der Waals surface area (Å²) in [6.07, 6.45) is -13.7. The lowest BCUT2D eigenvalue weighted by Gasteiger charge is -2.61. The van der Waals surface area contributed by atoms with Gasteiger partial charge in [-0.2, -0.15) is 0 Å². The molecule has 27 atom stereocenters. The van der Waals surface area contributed by atoms with E-state index < -0.39 is 118 Å². The Morgan fingerprint density at radius 3 is 1.84 bits per heavy atom. The van der Waals surface area contributed by atoms with Gasteiger partial charge in [-0.15, -0.1) is 0 Å². The molecule has 0 spiro atoms. The van der Waals surface area contributed by atoms with Crippen LogP contribution in [0.2, 0.25) is 0 Å². The molecule has 4 heterocycles. The fraction of sp³-hybridized carbons (Fsp3) is 1.00. The molecule has 0 radical (unpaired) electrons. The van der Waals surface area contributed by atoms with Gasteiger partial charge in [-0.3, -0.25) is 0 Å². The van der Waals surface area contributed by atoms with E-state index in [0.717, 1.165) is 44.9 Å². The normalized spacial score (nSPS) is 55.6. The molecule has 0 amide bonds. The first-order chi connectivity index (χ1) is 30.3. The van der Waals surface area contributed by atoms with Crippen molar-refractivity contribution in [3.63, 3.8) is 0 Å². The van der Waals surface area contributed by atoms with Crippen LogP contribution >= 0.6 is 0 Å². The van der Waals surface area contributed by atoms with Crippen LogP contribution < -0.4 is 0 Å². The number of ether oxygens (including phenoxy) is 7. The molecule has 4 saturated heterocycles. The van der Waals surface area contributed by atoms with Gasteiger partial charge in [0.05, 0.1) is 38.6 Å². The number of aliphatic hydroxyl groups excluding tert-OH is 11. The second-order valence-electron chi connectivity index (χ2n) is 21.5. The average molecular weight is 921 g/mol. The van der Waals surface area contributed by atoms with E-state index in [1.54, 1.807) is 0 Å². The monoisotopic (exact) mass is 920 g/mol. The molecule has 4 aliphatic carbocycles. The van der Waals surface area contributed by atoms with Crippen LogP contribution in [0.5, 0.6) is 0 Å². The lowest BCUT2D eigenvalue weighted by Crippen LogP contribution is -2.65. The molecule has 19 nitrogen and oxygen atoms in total. The van der Waals surface area contributed by atoms with Crippen molar-refractivity contribution < 1.29 is 94.4 Å². The SMILES string of the molecule is C[C@@H](CC[C@@]1(O)OC2CC3C4CCC5CC(O[C@@H]6OC(CO)[C@H](O)[C@H](O)C6O[C@@H]6OC(CO)[C@H](O)[C@H](O)C6O)CCC5(C)C4CCC3(C)C2[C@@H]1C)CO[C@@H]1OC(CO)[C@H](O)[C@H](O)C1O. The maximum Gasteiger partial charge on any atom is 0.187 e. The van der Waals surface area contributed by atoms with E-state index in [9.17, 15) is 61.3 Å². The van der Waals surface area contributed by atoms with Crippen LogP contribution in [0, 0.1) is 52.3 Å². The lowest BCUT2D eigenvalue weighted by atomic mass is 9.44. The lowest BCUT2D eigenvalue weighted by molar-refractivity contribution is -0.373. The van der Waals surface area contributed by atoms with E-state index in [2.05, 4.69) is 20.8 Å². The zero-order valence-electron chi connectivity index (χ0n) is 37.5. The standard InChI is InChI=1S/C45H76O19/c1-19(18-58-40-37(55)34(52)31(49)27(15-46)60-40)7-12-45(57)20(2)30-26(64-45)14-25-23-6-5-21-13-22(8-10-43(21,3)24(23)9-11-44(25,30)4)59-42-39(36(54)33(51)29(17-48)62-42)63-41-38(56)35(53)32(50)28(16-47)61-41/h19-42,46-57H,5-18H2,1-4H3/t19-,20-,21?,22?,23?,24?,25?,26?,27?,28?,29?,30?,31-,32-,33-,34-,35-,36-,37?,38?,39?,40+,41-,42+,43?,44?,45+/m0/s1. The summed E-state index contributed by atoms with van der Waals surface area (Å²) < 4.78 is 42.0. The first kappa shape index (κ1) is 49.7. The highest BCUT2D eigenvalue weighted by Crippen LogP contribution is 2.71. The topological polar surface area (TPSA) is 307 Å². The summed E-state index contributed by atoms with van der Waals surface area (Å²) in [7, 11) is 0. The Balaban J connectivity index is 0.869. The van der Waals surface area contributed by atoms with Gasteiger partial charge in [0.2, 0.25) is 0 Å². The minimum absolute atomic E-state index is 0.00000712. The first-order valence-corrected chi connectivity index (χ1v) is 23.9.